The number of nitrogens with zero attached hydrogens (tertiary/aromatic N) is 1. The number of nitrogens with one attached hydrogen (secondary N) is 1. The van der Waals surface area contributed by atoms with Crippen molar-refractivity contribution in [1.82, 2.24) is 10.2 Å². The van der Waals surface area contributed by atoms with E-state index in [0.29, 0.717) is 13.1 Å². The molecule has 1 aliphatic rings. The van der Waals surface area contributed by atoms with E-state index < -0.39 is 24.1 Å². The van der Waals surface area contributed by atoms with E-state index in [-0.39, 0.29) is 0 Å². The molecule has 1 aliphatic heterocycles. The van der Waals surface area contributed by atoms with E-state index in [1.165, 1.54) is 0 Å². The molecule has 108 valence electrons. The Labute approximate surface area is 117 Å². The molecule has 6 heteroatoms. The van der Waals surface area contributed by atoms with Crippen LogP contribution < -0.4 is 11.1 Å². The summed E-state index contributed by atoms with van der Waals surface area (Å²) in [4.78, 5) is 25.0. The summed E-state index contributed by atoms with van der Waals surface area (Å²) >= 11 is 0. The number of urea groups is 1. The molecular weight excluding hydrogens is 258 g/mol. The minimum absolute atomic E-state index is 0.408. The zero-order valence-electron chi connectivity index (χ0n) is 11.2. The number of β-amino-alcohol motifs (C(OH)–C–C–N with tert-alkyl or cyclic N) is 1. The van der Waals surface area contributed by atoms with Crippen LogP contribution >= 0.6 is 0 Å². The molecule has 2 rings (SSSR count). The molecule has 2 unspecified atom stereocenters. The minimum atomic E-state index is -0.867. The van der Waals surface area contributed by atoms with Gasteiger partial charge in [0.25, 0.3) is 0 Å². The number of nitrogens with two attached hydrogens (primary N) is 1. The summed E-state index contributed by atoms with van der Waals surface area (Å²) in [6.07, 6.45) is 1.10. The number of carbonyl (C=O) groups is 2. The lowest BCUT2D eigenvalue weighted by atomic mass is 10.00. The van der Waals surface area contributed by atoms with Gasteiger partial charge in [-0.15, -0.1) is 0 Å². The summed E-state index contributed by atoms with van der Waals surface area (Å²) in [5, 5.41) is 11.9. The number of likely N-dealkylation sites (tertiary alicyclic amines) is 1. The van der Waals surface area contributed by atoms with E-state index in [0.717, 1.165) is 18.4 Å². The standard InChI is InChI=1S/C14H19N3O3/c15-14(20)16-13(19)12(10-5-2-1-3-6-10)17-8-4-7-11(18)9-17/h1-3,5-6,11-12,18H,4,7-9H2,(H3,15,16,19,20). The third-order valence-corrected chi connectivity index (χ3v) is 3.40. The molecule has 0 radical (unpaired) electrons. The first-order valence-electron chi connectivity index (χ1n) is 6.65. The normalized spacial score (nSPS) is 21.1. The number of aliphatic hydroxyl groups excluding tert-OH is 1. The Balaban J connectivity index is 2.24. The minimum Gasteiger partial charge on any atom is -0.392 e. The van der Waals surface area contributed by atoms with Crippen LogP contribution in [0.5, 0.6) is 0 Å². The summed E-state index contributed by atoms with van der Waals surface area (Å²) in [6, 6.07) is 7.70. The van der Waals surface area contributed by atoms with Crippen molar-refractivity contribution in [3.63, 3.8) is 0 Å². The van der Waals surface area contributed by atoms with E-state index >= 15 is 0 Å². The second-order valence-corrected chi connectivity index (χ2v) is 4.96. The highest BCUT2D eigenvalue weighted by molar-refractivity contribution is 5.96. The van der Waals surface area contributed by atoms with Gasteiger partial charge in [-0.25, -0.2) is 4.79 Å². The van der Waals surface area contributed by atoms with E-state index in [1.807, 2.05) is 35.2 Å². The Kier molecular flexibility index (Phi) is 4.70. The second kappa shape index (κ2) is 6.49. The molecule has 4 N–H and O–H groups in total. The van der Waals surface area contributed by atoms with Crippen molar-refractivity contribution < 1.29 is 14.7 Å². The van der Waals surface area contributed by atoms with Gasteiger partial charge in [0.15, 0.2) is 0 Å². The zero-order chi connectivity index (χ0) is 14.5. The van der Waals surface area contributed by atoms with Gasteiger partial charge in [0.05, 0.1) is 6.10 Å². The van der Waals surface area contributed by atoms with Gasteiger partial charge in [-0.05, 0) is 24.9 Å². The van der Waals surface area contributed by atoms with E-state index in [9.17, 15) is 14.7 Å². The number of hydrogen-bond donors (Lipinski definition) is 3. The molecule has 0 aliphatic carbocycles. The molecule has 1 fully saturated rings. The number of amides is 3. The topological polar surface area (TPSA) is 95.7 Å². The molecule has 1 aromatic rings. The van der Waals surface area contributed by atoms with Crippen LogP contribution in [0.4, 0.5) is 4.79 Å². The maximum Gasteiger partial charge on any atom is 0.318 e. The number of imide groups is 1. The largest absolute Gasteiger partial charge is 0.392 e. The van der Waals surface area contributed by atoms with E-state index in [2.05, 4.69) is 5.32 Å². The van der Waals surface area contributed by atoms with Crippen molar-refractivity contribution in [2.45, 2.75) is 25.0 Å². The smallest absolute Gasteiger partial charge is 0.318 e. The average molecular weight is 277 g/mol. The monoisotopic (exact) mass is 277 g/mol. The second-order valence-electron chi connectivity index (χ2n) is 4.96. The third kappa shape index (κ3) is 3.55. The fourth-order valence-corrected chi connectivity index (χ4v) is 2.57. The number of rotatable bonds is 3. The van der Waals surface area contributed by atoms with Gasteiger partial charge in [0, 0.05) is 6.54 Å². The van der Waals surface area contributed by atoms with E-state index in [4.69, 9.17) is 5.73 Å². The summed E-state index contributed by atoms with van der Waals surface area (Å²) < 4.78 is 0. The van der Waals surface area contributed by atoms with Crippen LogP contribution in [0.25, 0.3) is 0 Å². The molecule has 0 aromatic heterocycles. The van der Waals surface area contributed by atoms with Gasteiger partial charge in [-0.1, -0.05) is 30.3 Å². The SMILES string of the molecule is NC(=O)NC(=O)C(c1ccccc1)N1CCCC(O)C1. The lowest BCUT2D eigenvalue weighted by Gasteiger charge is -2.35. The van der Waals surface area contributed by atoms with Crippen molar-refractivity contribution in [2.75, 3.05) is 13.1 Å². The molecule has 3 amide bonds. The Morgan fingerprint density at radius 3 is 2.65 bits per heavy atom. The fourth-order valence-electron chi connectivity index (χ4n) is 2.57. The van der Waals surface area contributed by atoms with Gasteiger partial charge in [0.2, 0.25) is 5.91 Å². The van der Waals surface area contributed by atoms with Crippen molar-refractivity contribution in [2.24, 2.45) is 5.73 Å². The summed E-state index contributed by atoms with van der Waals surface area (Å²) in [5.41, 5.74) is 5.81. The van der Waals surface area contributed by atoms with Crippen LogP contribution in [-0.4, -0.2) is 41.1 Å². The summed E-state index contributed by atoms with van der Waals surface area (Å²) in [6.45, 7) is 1.11. The van der Waals surface area contributed by atoms with Gasteiger partial charge in [-0.2, -0.15) is 0 Å². The molecule has 6 nitrogen and oxygen atoms in total. The predicted molar refractivity (Wildman–Crippen MR) is 73.7 cm³/mol. The van der Waals surface area contributed by atoms with Gasteiger partial charge in [0.1, 0.15) is 6.04 Å². The first-order valence-corrected chi connectivity index (χ1v) is 6.65. The van der Waals surface area contributed by atoms with Crippen molar-refractivity contribution >= 4 is 11.9 Å². The van der Waals surface area contributed by atoms with Crippen molar-refractivity contribution in [3.8, 4) is 0 Å². The lowest BCUT2D eigenvalue weighted by Crippen LogP contribution is -2.48. The average Bonchev–Trinajstić information content (AvgIpc) is 2.39. The first kappa shape index (κ1) is 14.5. The third-order valence-electron chi connectivity index (χ3n) is 3.40. The van der Waals surface area contributed by atoms with Crippen LogP contribution in [0, 0.1) is 0 Å². The number of aliphatic hydroxyl groups is 1. The Hall–Kier alpha value is -1.92. The molecule has 20 heavy (non-hydrogen) atoms. The summed E-state index contributed by atoms with van der Waals surface area (Å²) in [5.74, 6) is -0.460. The van der Waals surface area contributed by atoms with Gasteiger partial charge >= 0.3 is 6.03 Å². The fraction of sp³-hybridized carbons (Fsp3) is 0.429. The number of primary amides is 1. The number of piperidine rings is 1. The number of carbonyl (C=O) groups excluding carboxylic acids is 2. The maximum atomic E-state index is 12.2. The van der Waals surface area contributed by atoms with E-state index in [1.54, 1.807) is 0 Å². The summed E-state index contributed by atoms with van der Waals surface area (Å²) in [7, 11) is 0. The first-order chi connectivity index (χ1) is 9.58. The highest BCUT2D eigenvalue weighted by Crippen LogP contribution is 2.24. The van der Waals surface area contributed by atoms with Crippen LogP contribution in [0.15, 0.2) is 30.3 Å². The van der Waals surface area contributed by atoms with Gasteiger partial charge in [-0.3, -0.25) is 15.0 Å². The Bertz CT molecular complexity index is 478. The molecule has 2 atom stereocenters. The zero-order valence-corrected chi connectivity index (χ0v) is 11.2. The molecule has 0 saturated carbocycles. The quantitative estimate of drug-likeness (QED) is 0.744. The highest BCUT2D eigenvalue weighted by Gasteiger charge is 2.31. The van der Waals surface area contributed by atoms with Crippen LogP contribution in [0.3, 0.4) is 0 Å². The maximum absolute atomic E-state index is 12.2. The predicted octanol–water partition coefficient (Wildman–Crippen LogP) is 0.379. The Morgan fingerprint density at radius 2 is 2.05 bits per heavy atom. The van der Waals surface area contributed by atoms with Crippen LogP contribution in [0.1, 0.15) is 24.4 Å². The van der Waals surface area contributed by atoms with Crippen LogP contribution in [-0.2, 0) is 4.79 Å². The number of hydrogen-bond acceptors (Lipinski definition) is 4. The lowest BCUT2D eigenvalue weighted by molar-refractivity contribution is -0.126. The molecule has 1 heterocycles. The molecule has 1 saturated heterocycles. The van der Waals surface area contributed by atoms with Crippen LogP contribution in [0.2, 0.25) is 0 Å². The van der Waals surface area contributed by atoms with Crippen molar-refractivity contribution in [3.05, 3.63) is 35.9 Å². The highest BCUT2D eigenvalue weighted by atomic mass is 16.3. The molecule has 0 bridgehead atoms. The van der Waals surface area contributed by atoms with Gasteiger partial charge < -0.3 is 10.8 Å². The Morgan fingerprint density at radius 1 is 1.35 bits per heavy atom. The number of benzene rings is 1. The molecule has 1 aromatic carbocycles. The molecular formula is C14H19N3O3. The molecule has 0 spiro atoms. The van der Waals surface area contributed by atoms with Crippen molar-refractivity contribution in [1.29, 1.82) is 0 Å².